The maximum absolute atomic E-state index is 14.1. The molecule has 10 nitrogen and oxygen atoms in total. The van der Waals surface area contributed by atoms with Gasteiger partial charge in [0.2, 0.25) is 0 Å². The Balaban J connectivity index is 2.15. The fourth-order valence-corrected chi connectivity index (χ4v) is 4.08. The summed E-state index contributed by atoms with van der Waals surface area (Å²) in [4.78, 5) is 7.21. The second-order valence-electron chi connectivity index (χ2n) is 7.04. The highest BCUT2D eigenvalue weighted by atomic mass is 32.2. The lowest BCUT2D eigenvalue weighted by Crippen LogP contribution is -2.59. The predicted molar refractivity (Wildman–Crippen MR) is 103 cm³/mol. The van der Waals surface area contributed by atoms with E-state index in [1.165, 1.54) is 12.1 Å². The highest BCUT2D eigenvalue weighted by molar-refractivity contribution is 7.88. The molecule has 212 valence electrons. The van der Waals surface area contributed by atoms with Gasteiger partial charge < -0.3 is 9.08 Å². The highest BCUT2D eigenvalue weighted by Crippen LogP contribution is 2.49. The Hall–Kier alpha value is -2.33. The van der Waals surface area contributed by atoms with Crippen molar-refractivity contribution in [2.45, 2.75) is 42.1 Å². The first-order valence-corrected chi connectivity index (χ1v) is 12.6. The number of nitrogens with zero attached hydrogens (tertiary/aromatic N) is 2. The van der Waals surface area contributed by atoms with Crippen LogP contribution in [-0.2, 0) is 46.8 Å². The third-order valence-electron chi connectivity index (χ3n) is 4.45. The van der Waals surface area contributed by atoms with Gasteiger partial charge in [-0.2, -0.15) is 56.3 Å². The Kier molecular flexibility index (Phi) is 8.72. The molecule has 0 N–H and O–H groups in total. The van der Waals surface area contributed by atoms with Gasteiger partial charge in [0.15, 0.2) is 0 Å². The van der Waals surface area contributed by atoms with Gasteiger partial charge in [0.25, 0.3) is 0 Å². The topological polar surface area (TPSA) is 111 Å². The zero-order chi connectivity index (χ0) is 28.5. The van der Waals surface area contributed by atoms with Crippen molar-refractivity contribution in [3.63, 3.8) is 0 Å². The van der Waals surface area contributed by atoms with Gasteiger partial charge in [-0.05, 0) is 53.4 Å². The SMILES string of the molecule is O=S(=O)(O[N+](=S)OOC(F)(F)C(F)(F)C(F)(F)S(=O)(=O)Oc1ccc(N2CCCCC2)cc1)C(F)(F)F. The number of rotatable bonds is 11. The van der Waals surface area contributed by atoms with Crippen LogP contribution < -0.4 is 9.08 Å². The average Bonchev–Trinajstić information content (AvgIpc) is 2.77. The van der Waals surface area contributed by atoms with Gasteiger partial charge in [-0.25, -0.2) is 0 Å². The third-order valence-corrected chi connectivity index (χ3v) is 6.88. The quantitative estimate of drug-likeness (QED) is 0.120. The molecule has 22 heteroatoms. The predicted octanol–water partition coefficient (Wildman–Crippen LogP) is 3.59. The van der Waals surface area contributed by atoms with Crippen molar-refractivity contribution in [1.29, 1.82) is 0 Å². The molecule has 0 spiro atoms. The minimum atomic E-state index is -7.04. The Bertz CT molecular complexity index is 1190. The first-order chi connectivity index (χ1) is 16.6. The summed E-state index contributed by atoms with van der Waals surface area (Å²) in [6.07, 6.45) is -4.04. The summed E-state index contributed by atoms with van der Waals surface area (Å²) in [5.74, 6) is -8.00. The number of halogens is 9. The number of benzene rings is 1. The second-order valence-corrected chi connectivity index (χ2v) is 10.4. The van der Waals surface area contributed by atoms with Crippen LogP contribution in [0, 0.1) is 0 Å². The Labute approximate surface area is 207 Å². The molecule has 0 aromatic heterocycles. The van der Waals surface area contributed by atoms with Gasteiger partial charge in [-0.15, -0.1) is 0 Å². The van der Waals surface area contributed by atoms with E-state index in [4.69, 9.17) is 0 Å². The van der Waals surface area contributed by atoms with Crippen LogP contribution in [0.15, 0.2) is 24.3 Å². The molecule has 1 saturated heterocycles. The fourth-order valence-electron chi connectivity index (χ4n) is 2.63. The van der Waals surface area contributed by atoms with Crippen molar-refractivity contribution >= 4 is 38.3 Å². The normalized spacial score (nSPS) is 16.3. The van der Waals surface area contributed by atoms with Crippen molar-refractivity contribution in [3.8, 4) is 5.75 Å². The van der Waals surface area contributed by atoms with E-state index in [1.807, 2.05) is 4.90 Å². The monoisotopic (exact) mass is 617 g/mol. The summed E-state index contributed by atoms with van der Waals surface area (Å²) < 4.78 is 169. The van der Waals surface area contributed by atoms with Crippen LogP contribution in [0.3, 0.4) is 0 Å². The Morgan fingerprint density at radius 2 is 1.32 bits per heavy atom. The number of hydrogen-bond acceptors (Lipinski definition) is 10. The molecule has 1 aromatic carbocycles. The van der Waals surface area contributed by atoms with Crippen LogP contribution in [-0.4, -0.2) is 57.0 Å². The molecule has 0 atom stereocenters. The fraction of sp³-hybridized carbons (Fsp3) is 0.600. The molecule has 0 saturated carbocycles. The van der Waals surface area contributed by atoms with Crippen molar-refractivity contribution in [2.24, 2.45) is 0 Å². The van der Waals surface area contributed by atoms with Gasteiger partial charge in [0.05, 0.1) is 0 Å². The van der Waals surface area contributed by atoms with Crippen LogP contribution >= 0.6 is 0 Å². The summed E-state index contributed by atoms with van der Waals surface area (Å²) in [5, 5.41) is -6.76. The van der Waals surface area contributed by atoms with E-state index in [9.17, 15) is 56.3 Å². The molecule has 1 aliphatic rings. The summed E-state index contributed by atoms with van der Waals surface area (Å²) in [5.41, 5.74) is -5.70. The van der Waals surface area contributed by atoms with Gasteiger partial charge in [-0.3, -0.25) is 0 Å². The second kappa shape index (κ2) is 10.4. The maximum Gasteiger partial charge on any atom is 0.540 e. The van der Waals surface area contributed by atoms with Crippen LogP contribution in [0.5, 0.6) is 5.75 Å². The first-order valence-electron chi connectivity index (χ1n) is 9.41. The molecule has 37 heavy (non-hydrogen) atoms. The summed E-state index contributed by atoms with van der Waals surface area (Å²) >= 11 is 3.53. The van der Waals surface area contributed by atoms with E-state index in [1.54, 1.807) is 0 Å². The molecule has 0 amide bonds. The number of piperidine rings is 1. The van der Waals surface area contributed by atoms with E-state index >= 15 is 0 Å². The zero-order valence-corrected chi connectivity index (χ0v) is 20.1. The van der Waals surface area contributed by atoms with Crippen molar-refractivity contribution < 1.29 is 79.0 Å². The maximum atomic E-state index is 14.1. The molecule has 1 aliphatic heterocycles. The standard InChI is InChI=1S/C15H14F9N2O8S3/c16-12(17,13(18,19)32-33-26(35)34-37(29,30)15(22,23)24)14(20,21)36(27,28)31-11-6-4-10(5-7-11)25-8-2-1-3-9-25/h4-7H,1-3,8-9H2/q+1. The number of anilines is 1. The van der Waals surface area contributed by atoms with Crippen LogP contribution in [0.25, 0.3) is 0 Å². The molecule has 0 unspecified atom stereocenters. The van der Waals surface area contributed by atoms with Crippen LogP contribution in [0.1, 0.15) is 19.3 Å². The van der Waals surface area contributed by atoms with Crippen LogP contribution in [0.4, 0.5) is 45.2 Å². The third kappa shape index (κ3) is 6.57. The minimum absolute atomic E-state index is 0.502. The van der Waals surface area contributed by atoms with Crippen molar-refractivity contribution in [3.05, 3.63) is 24.3 Å². The molecule has 0 aliphatic carbocycles. The lowest BCUT2D eigenvalue weighted by atomic mass is 10.1. The largest absolute Gasteiger partial charge is 0.540 e. The van der Waals surface area contributed by atoms with Crippen molar-refractivity contribution in [1.82, 2.24) is 0 Å². The Morgan fingerprint density at radius 1 is 0.811 bits per heavy atom. The molecule has 0 radical (unpaired) electrons. The van der Waals surface area contributed by atoms with E-state index in [-0.39, 0.29) is 0 Å². The average molecular weight is 617 g/mol. The molecule has 1 heterocycles. The van der Waals surface area contributed by atoms with Crippen molar-refractivity contribution in [2.75, 3.05) is 18.0 Å². The van der Waals surface area contributed by atoms with Gasteiger partial charge in [0.1, 0.15) is 5.75 Å². The lowest BCUT2D eigenvalue weighted by molar-refractivity contribution is -0.992. The van der Waals surface area contributed by atoms with Crippen LogP contribution in [0.2, 0.25) is 0 Å². The van der Waals surface area contributed by atoms with Gasteiger partial charge in [-0.1, -0.05) is 4.28 Å². The zero-order valence-electron chi connectivity index (χ0n) is 17.6. The number of alkyl halides is 9. The lowest BCUT2D eigenvalue weighted by Gasteiger charge is -2.29. The molecular formula is C15H14F9N2O8S3+. The van der Waals surface area contributed by atoms with Gasteiger partial charge >= 0.3 is 59.7 Å². The highest BCUT2D eigenvalue weighted by Gasteiger charge is 2.81. The van der Waals surface area contributed by atoms with Gasteiger partial charge in [0, 0.05) is 18.8 Å². The molecular weight excluding hydrogens is 603 g/mol. The van der Waals surface area contributed by atoms with E-state index in [0.29, 0.717) is 18.8 Å². The first kappa shape index (κ1) is 30.9. The molecule has 2 rings (SSSR count). The number of hydrogen-bond donors (Lipinski definition) is 0. The molecule has 1 fully saturated rings. The molecule has 0 bridgehead atoms. The van der Waals surface area contributed by atoms with E-state index < -0.39 is 53.1 Å². The summed E-state index contributed by atoms with van der Waals surface area (Å²) in [6.45, 7) is 1.24. The summed E-state index contributed by atoms with van der Waals surface area (Å²) in [7, 11) is -13.6. The summed E-state index contributed by atoms with van der Waals surface area (Å²) in [6, 6.07) is 3.98. The van der Waals surface area contributed by atoms with E-state index in [0.717, 1.165) is 31.4 Å². The minimum Gasteiger partial charge on any atom is -0.378 e. The Morgan fingerprint density at radius 3 is 1.81 bits per heavy atom. The van der Waals surface area contributed by atoms with E-state index in [2.05, 4.69) is 30.8 Å². The molecule has 1 aromatic rings. The smallest absolute Gasteiger partial charge is 0.378 e.